The van der Waals surface area contributed by atoms with Gasteiger partial charge in [0.05, 0.1) is 25.4 Å². The molecule has 0 radical (unpaired) electrons. The standard InChI is InChI=1S/C24H36O3.C15H19NO7.C3H8O2/c1-16-10-11-23(3)14-18(6-7-19(23)12-16)20-8-9-21(22(26)15-27-5)24(20,4)13-17(2)25;1-20-14-10-12(6-7-13(14)22-11-17)15(18)21-8-4-2-3-5-9-23-16-19;1-3(2,4)5/h10-12,17-18,20-21,25H,1,6-9,13-15H2,2-5H3;6-7,10-11H,2-5,8-9H2,1H3;4-5H,1-2H3. The second kappa shape index (κ2) is 22.6. The number of aliphatic hydroxyl groups excluding tert-OH is 1. The van der Waals surface area contributed by atoms with E-state index in [4.69, 9.17) is 29.2 Å². The first kappa shape index (κ1) is 47.2. The third kappa shape index (κ3) is 15.3. The van der Waals surface area contributed by atoms with Crippen molar-refractivity contribution in [1.29, 1.82) is 0 Å². The van der Waals surface area contributed by atoms with Crippen molar-refractivity contribution in [3.05, 3.63) is 64.6 Å². The van der Waals surface area contributed by atoms with Crippen LogP contribution in [0.1, 0.15) is 109 Å². The first-order chi connectivity index (χ1) is 25.9. The number of unbranched alkanes of at least 4 members (excludes halogenated alkanes) is 3. The Morgan fingerprint density at radius 3 is 2.33 bits per heavy atom. The van der Waals surface area contributed by atoms with Gasteiger partial charge in [-0.1, -0.05) is 44.2 Å². The number of carbonyl (C=O) groups excluding carboxylic acids is 3. The van der Waals surface area contributed by atoms with Crippen LogP contribution in [0.15, 0.2) is 59.5 Å². The predicted molar refractivity (Wildman–Crippen MR) is 208 cm³/mol. The van der Waals surface area contributed by atoms with E-state index >= 15 is 0 Å². The molecular weight excluding hydrogens is 710 g/mol. The van der Waals surface area contributed by atoms with Crippen LogP contribution < -0.4 is 9.47 Å². The van der Waals surface area contributed by atoms with Gasteiger partial charge in [0.15, 0.2) is 28.4 Å². The van der Waals surface area contributed by atoms with Crippen LogP contribution in [0, 0.1) is 33.5 Å². The molecule has 1 aromatic rings. The van der Waals surface area contributed by atoms with Crippen LogP contribution >= 0.6 is 0 Å². The average molecular weight is 774 g/mol. The molecule has 2 fully saturated rings. The van der Waals surface area contributed by atoms with Crippen LogP contribution in [-0.2, 0) is 23.9 Å². The largest absolute Gasteiger partial charge is 0.493 e. The number of hydrogen-bond donors (Lipinski definition) is 3. The molecule has 1 aromatic carbocycles. The minimum Gasteiger partial charge on any atom is -0.493 e. The molecular formula is C42H63NO12. The molecule has 13 nitrogen and oxygen atoms in total. The molecule has 0 saturated heterocycles. The van der Waals surface area contributed by atoms with Crippen molar-refractivity contribution in [3.63, 3.8) is 0 Å². The molecule has 3 aliphatic carbocycles. The minimum atomic E-state index is -1.50. The topological polar surface area (TPSA) is 187 Å². The Kier molecular flexibility index (Phi) is 19.4. The summed E-state index contributed by atoms with van der Waals surface area (Å²) in [6.45, 7) is 14.2. The van der Waals surface area contributed by atoms with Crippen molar-refractivity contribution in [2.75, 3.05) is 34.0 Å². The summed E-state index contributed by atoms with van der Waals surface area (Å²) in [6, 6.07) is 4.41. The van der Waals surface area contributed by atoms with Crippen LogP contribution in [0.2, 0.25) is 0 Å². The van der Waals surface area contributed by atoms with Gasteiger partial charge in [0.25, 0.3) is 6.47 Å². The molecule has 308 valence electrons. The molecule has 3 N–H and O–H groups in total. The highest BCUT2D eigenvalue weighted by molar-refractivity contribution is 5.90. The number of fused-ring (bicyclic) bond motifs is 1. The number of nitrogens with zero attached hydrogens (tertiary/aromatic N) is 1. The van der Waals surface area contributed by atoms with E-state index in [1.54, 1.807) is 7.11 Å². The van der Waals surface area contributed by atoms with Gasteiger partial charge in [0, 0.05) is 18.4 Å². The van der Waals surface area contributed by atoms with Gasteiger partial charge in [-0.3, -0.25) is 9.59 Å². The number of benzene rings is 1. The lowest BCUT2D eigenvalue weighted by Gasteiger charge is -2.47. The summed E-state index contributed by atoms with van der Waals surface area (Å²) < 4.78 is 20.1. The second-order valence-corrected chi connectivity index (χ2v) is 15.7. The summed E-state index contributed by atoms with van der Waals surface area (Å²) in [5.74, 6) is -0.194. The highest BCUT2D eigenvalue weighted by Gasteiger charge is 2.53. The van der Waals surface area contributed by atoms with Crippen molar-refractivity contribution >= 4 is 18.2 Å². The highest BCUT2D eigenvalue weighted by atomic mass is 16.7. The van der Waals surface area contributed by atoms with E-state index in [9.17, 15) is 24.4 Å². The van der Waals surface area contributed by atoms with E-state index < -0.39 is 11.8 Å². The fourth-order valence-electron chi connectivity index (χ4n) is 8.31. The zero-order chi connectivity index (χ0) is 41.2. The number of ketones is 1. The summed E-state index contributed by atoms with van der Waals surface area (Å²) in [5, 5.41) is 28.7. The SMILES string of the molecule is C=C1C=CC2(C)CC(C3CCC(C(=O)COC)C3(C)CC(C)O)CCC2=C1.CC(C)(O)O.COc1cc(C(=O)OCCCCCCON=O)ccc1OC=O. The summed E-state index contributed by atoms with van der Waals surface area (Å²) in [5.41, 5.74) is 2.89. The predicted octanol–water partition coefficient (Wildman–Crippen LogP) is 7.22. The molecule has 4 rings (SSSR count). The summed E-state index contributed by atoms with van der Waals surface area (Å²) in [7, 11) is 3.00. The van der Waals surface area contributed by atoms with Crippen molar-refractivity contribution in [1.82, 2.24) is 0 Å². The molecule has 55 heavy (non-hydrogen) atoms. The first-order valence-electron chi connectivity index (χ1n) is 19.1. The molecule has 0 amide bonds. The number of aliphatic hydroxyl groups is 3. The van der Waals surface area contributed by atoms with Crippen molar-refractivity contribution in [2.45, 2.75) is 111 Å². The fourth-order valence-corrected chi connectivity index (χ4v) is 8.31. The maximum absolute atomic E-state index is 12.8. The number of Topliss-reactive ketones (excluding diaryl/α,β-unsaturated/α-hetero) is 1. The van der Waals surface area contributed by atoms with E-state index in [-0.39, 0.29) is 53.2 Å². The third-order valence-electron chi connectivity index (χ3n) is 10.6. The number of esters is 1. The van der Waals surface area contributed by atoms with Gasteiger partial charge in [-0.15, -0.1) is 4.91 Å². The molecule has 0 aliphatic heterocycles. The molecule has 0 aromatic heterocycles. The summed E-state index contributed by atoms with van der Waals surface area (Å²) in [4.78, 5) is 49.0. The molecule has 0 heterocycles. The zero-order valence-corrected chi connectivity index (χ0v) is 33.7. The highest BCUT2D eigenvalue weighted by Crippen LogP contribution is 2.59. The third-order valence-corrected chi connectivity index (χ3v) is 10.6. The van der Waals surface area contributed by atoms with Crippen LogP contribution in [0.4, 0.5) is 0 Å². The molecule has 6 unspecified atom stereocenters. The van der Waals surface area contributed by atoms with Gasteiger partial charge in [-0.25, -0.2) is 4.79 Å². The summed E-state index contributed by atoms with van der Waals surface area (Å²) >= 11 is 0. The van der Waals surface area contributed by atoms with Gasteiger partial charge in [-0.05, 0) is 126 Å². The van der Waals surface area contributed by atoms with Crippen LogP contribution in [-0.4, -0.2) is 79.5 Å². The van der Waals surface area contributed by atoms with Crippen molar-refractivity contribution in [3.8, 4) is 11.5 Å². The number of rotatable bonds is 18. The lowest BCUT2D eigenvalue weighted by Crippen LogP contribution is -2.42. The van der Waals surface area contributed by atoms with Gasteiger partial charge in [0.1, 0.15) is 13.2 Å². The van der Waals surface area contributed by atoms with Gasteiger partial charge >= 0.3 is 5.97 Å². The van der Waals surface area contributed by atoms with E-state index in [2.05, 4.69) is 48.8 Å². The Balaban J connectivity index is 0.000000342. The average Bonchev–Trinajstić information content (AvgIpc) is 3.44. The fraction of sp³-hybridized carbons (Fsp3) is 0.643. The molecule has 0 bridgehead atoms. The lowest BCUT2D eigenvalue weighted by atomic mass is 9.57. The Bertz CT molecular complexity index is 1470. The van der Waals surface area contributed by atoms with Gasteiger partial charge in [-0.2, -0.15) is 0 Å². The molecule has 3 aliphatic rings. The zero-order valence-electron chi connectivity index (χ0n) is 33.7. The number of hydrogen-bond acceptors (Lipinski definition) is 13. The van der Waals surface area contributed by atoms with Gasteiger partial charge in [0.2, 0.25) is 0 Å². The molecule has 0 spiro atoms. The maximum atomic E-state index is 12.8. The normalized spacial score (nSPS) is 24.7. The number of allylic oxidation sites excluding steroid dienone is 5. The Morgan fingerprint density at radius 2 is 1.73 bits per heavy atom. The Morgan fingerprint density at radius 1 is 1.05 bits per heavy atom. The van der Waals surface area contributed by atoms with Crippen LogP contribution in [0.5, 0.6) is 11.5 Å². The monoisotopic (exact) mass is 773 g/mol. The molecule has 2 saturated carbocycles. The number of ether oxygens (including phenoxy) is 4. The maximum Gasteiger partial charge on any atom is 0.338 e. The minimum absolute atomic E-state index is 0.00321. The van der Waals surface area contributed by atoms with Crippen molar-refractivity contribution in [2.24, 2.45) is 33.9 Å². The van der Waals surface area contributed by atoms with Gasteiger partial charge < -0.3 is 39.1 Å². The number of carbonyl (C=O) groups is 3. The van der Waals surface area contributed by atoms with E-state index in [0.29, 0.717) is 43.5 Å². The molecule has 6 atom stereocenters. The molecule has 13 heteroatoms. The second-order valence-electron chi connectivity index (χ2n) is 15.7. The van der Waals surface area contributed by atoms with Crippen LogP contribution in [0.25, 0.3) is 0 Å². The van der Waals surface area contributed by atoms with E-state index in [1.807, 2.05) is 6.92 Å². The smallest absolute Gasteiger partial charge is 0.338 e. The Labute approximate surface area is 326 Å². The lowest BCUT2D eigenvalue weighted by molar-refractivity contribution is -0.131. The quantitative estimate of drug-likeness (QED) is 0.0340. The van der Waals surface area contributed by atoms with Crippen molar-refractivity contribution < 1.29 is 53.5 Å². The summed E-state index contributed by atoms with van der Waals surface area (Å²) in [6.07, 6.45) is 15.7. The van der Waals surface area contributed by atoms with Crippen LogP contribution in [0.3, 0.4) is 0 Å². The first-order valence-corrected chi connectivity index (χ1v) is 19.1. The van der Waals surface area contributed by atoms with E-state index in [0.717, 1.165) is 50.5 Å². The Hall–Kier alpha value is -3.91. The number of methoxy groups -OCH3 is 2. The van der Waals surface area contributed by atoms with E-state index in [1.165, 1.54) is 51.2 Å².